The molecule has 0 saturated heterocycles. The zero-order chi connectivity index (χ0) is 14.9. The predicted molar refractivity (Wildman–Crippen MR) is 86.3 cm³/mol. The third-order valence-corrected chi connectivity index (χ3v) is 4.79. The van der Waals surface area contributed by atoms with Crippen LogP contribution in [0.3, 0.4) is 0 Å². The molecule has 0 fully saturated rings. The van der Waals surface area contributed by atoms with E-state index in [0.717, 1.165) is 16.6 Å². The maximum Gasteiger partial charge on any atom is 0.115 e. The normalized spacial score (nSPS) is 15.2. The standard InChI is InChI=1S/C18H14N4/c1-18(2)11-5-9-21-16-15-14(4-3-7-20-15)22(17(11)16)13-6-8-19-10-12(13)18/h3-10H,1-2H3. The lowest BCUT2D eigenvalue weighted by Crippen LogP contribution is -2.26. The number of nitrogens with zero attached hydrogens (tertiary/aromatic N) is 4. The number of hydrogen-bond acceptors (Lipinski definition) is 3. The van der Waals surface area contributed by atoms with E-state index in [0.29, 0.717) is 0 Å². The molecule has 106 valence electrons. The minimum Gasteiger partial charge on any atom is -0.305 e. The summed E-state index contributed by atoms with van der Waals surface area (Å²) in [5, 5.41) is 0. The highest BCUT2D eigenvalue weighted by atomic mass is 15.0. The molecule has 0 radical (unpaired) electrons. The van der Waals surface area contributed by atoms with E-state index in [1.165, 1.54) is 22.3 Å². The molecular formula is C18H14N4. The zero-order valence-electron chi connectivity index (χ0n) is 12.4. The molecule has 0 amide bonds. The van der Waals surface area contributed by atoms with Crippen LogP contribution < -0.4 is 0 Å². The smallest absolute Gasteiger partial charge is 0.115 e. The largest absolute Gasteiger partial charge is 0.305 e. The summed E-state index contributed by atoms with van der Waals surface area (Å²) in [6.45, 7) is 4.49. The molecule has 0 atom stereocenters. The van der Waals surface area contributed by atoms with Crippen molar-refractivity contribution < 1.29 is 0 Å². The molecule has 5 rings (SSSR count). The van der Waals surface area contributed by atoms with Crippen molar-refractivity contribution in [2.75, 3.05) is 0 Å². The second-order valence-electron chi connectivity index (χ2n) is 6.28. The van der Waals surface area contributed by atoms with Crippen molar-refractivity contribution in [3.63, 3.8) is 0 Å². The summed E-state index contributed by atoms with van der Waals surface area (Å²) in [5.41, 5.74) is 7.78. The highest BCUT2D eigenvalue weighted by molar-refractivity contribution is 6.07. The van der Waals surface area contributed by atoms with Crippen molar-refractivity contribution in [1.29, 1.82) is 0 Å². The minimum absolute atomic E-state index is 0.102. The number of pyridine rings is 3. The molecule has 22 heavy (non-hydrogen) atoms. The van der Waals surface area contributed by atoms with E-state index in [-0.39, 0.29) is 5.41 Å². The van der Waals surface area contributed by atoms with Gasteiger partial charge in [0.05, 0.1) is 16.7 Å². The number of rotatable bonds is 0. The lowest BCUT2D eigenvalue weighted by molar-refractivity contribution is 0.626. The topological polar surface area (TPSA) is 43.6 Å². The molecule has 1 aliphatic heterocycles. The van der Waals surface area contributed by atoms with Crippen LogP contribution in [0.4, 0.5) is 0 Å². The van der Waals surface area contributed by atoms with Gasteiger partial charge in [-0.3, -0.25) is 15.0 Å². The van der Waals surface area contributed by atoms with Gasteiger partial charge in [-0.1, -0.05) is 13.8 Å². The van der Waals surface area contributed by atoms with Gasteiger partial charge >= 0.3 is 0 Å². The minimum atomic E-state index is -0.102. The van der Waals surface area contributed by atoms with Crippen molar-refractivity contribution in [2.45, 2.75) is 19.3 Å². The molecule has 0 saturated carbocycles. The van der Waals surface area contributed by atoms with Crippen LogP contribution in [-0.4, -0.2) is 19.5 Å². The molecule has 4 heteroatoms. The number of aromatic nitrogens is 4. The van der Waals surface area contributed by atoms with E-state index in [9.17, 15) is 0 Å². The van der Waals surface area contributed by atoms with E-state index < -0.39 is 0 Å². The highest BCUT2D eigenvalue weighted by Crippen LogP contribution is 2.45. The molecule has 0 aliphatic carbocycles. The second kappa shape index (κ2) is 3.71. The Balaban J connectivity index is 2.15. The van der Waals surface area contributed by atoms with Gasteiger partial charge in [0.15, 0.2) is 0 Å². The maximum absolute atomic E-state index is 4.61. The second-order valence-corrected chi connectivity index (χ2v) is 6.28. The van der Waals surface area contributed by atoms with Crippen molar-refractivity contribution in [2.24, 2.45) is 0 Å². The molecule has 0 bridgehead atoms. The van der Waals surface area contributed by atoms with Gasteiger partial charge in [0, 0.05) is 35.8 Å². The fourth-order valence-corrected chi connectivity index (χ4v) is 3.70. The summed E-state index contributed by atoms with van der Waals surface area (Å²) in [6, 6.07) is 8.29. The monoisotopic (exact) mass is 286 g/mol. The van der Waals surface area contributed by atoms with E-state index in [2.05, 4.69) is 51.6 Å². The Morgan fingerprint density at radius 1 is 0.909 bits per heavy atom. The third-order valence-electron chi connectivity index (χ3n) is 4.79. The average Bonchev–Trinajstić information content (AvgIpc) is 2.88. The Morgan fingerprint density at radius 2 is 1.77 bits per heavy atom. The van der Waals surface area contributed by atoms with Crippen molar-refractivity contribution in [1.82, 2.24) is 19.5 Å². The summed E-state index contributed by atoms with van der Waals surface area (Å²) in [6.07, 6.45) is 7.55. The van der Waals surface area contributed by atoms with Crippen molar-refractivity contribution in [3.05, 3.63) is 60.2 Å². The van der Waals surface area contributed by atoms with Gasteiger partial charge in [-0.15, -0.1) is 0 Å². The van der Waals surface area contributed by atoms with Gasteiger partial charge in [0.1, 0.15) is 11.0 Å². The fraction of sp³-hybridized carbons (Fsp3) is 0.167. The molecule has 4 aromatic heterocycles. The Kier molecular flexibility index (Phi) is 2.00. The highest BCUT2D eigenvalue weighted by Gasteiger charge is 2.35. The molecule has 0 aromatic carbocycles. The van der Waals surface area contributed by atoms with Crippen molar-refractivity contribution in [3.8, 4) is 5.69 Å². The van der Waals surface area contributed by atoms with E-state index >= 15 is 0 Å². The first-order valence-corrected chi connectivity index (χ1v) is 7.39. The fourth-order valence-electron chi connectivity index (χ4n) is 3.70. The van der Waals surface area contributed by atoms with Crippen molar-refractivity contribution >= 4 is 22.1 Å². The molecular weight excluding hydrogens is 272 g/mol. The van der Waals surface area contributed by atoms with Crippen LogP contribution in [0.1, 0.15) is 25.0 Å². The lowest BCUT2D eigenvalue weighted by atomic mass is 9.76. The summed E-state index contributed by atoms with van der Waals surface area (Å²) in [4.78, 5) is 13.5. The van der Waals surface area contributed by atoms with Gasteiger partial charge in [-0.25, -0.2) is 0 Å². The first-order chi connectivity index (χ1) is 10.7. The molecule has 4 aromatic rings. The van der Waals surface area contributed by atoms with Crippen LogP contribution >= 0.6 is 0 Å². The van der Waals surface area contributed by atoms with Gasteiger partial charge in [0.2, 0.25) is 0 Å². The SMILES string of the molecule is CC1(C)c2cnccc2-n2c3cccnc3c3nccc1c32. The Morgan fingerprint density at radius 3 is 2.68 bits per heavy atom. The molecule has 0 N–H and O–H groups in total. The quantitative estimate of drug-likeness (QED) is 0.496. The number of fused-ring (bicyclic) bond motifs is 5. The van der Waals surface area contributed by atoms with Crippen LogP contribution in [0, 0.1) is 0 Å². The van der Waals surface area contributed by atoms with E-state index in [1.807, 2.05) is 30.9 Å². The van der Waals surface area contributed by atoms with Gasteiger partial charge in [-0.05, 0) is 29.8 Å². The van der Waals surface area contributed by atoms with Gasteiger partial charge in [0.25, 0.3) is 0 Å². The lowest BCUT2D eigenvalue weighted by Gasteiger charge is -2.33. The zero-order valence-corrected chi connectivity index (χ0v) is 12.4. The summed E-state index contributed by atoms with van der Waals surface area (Å²) in [5.74, 6) is 0. The first kappa shape index (κ1) is 11.9. The summed E-state index contributed by atoms with van der Waals surface area (Å²) in [7, 11) is 0. The molecule has 0 spiro atoms. The summed E-state index contributed by atoms with van der Waals surface area (Å²) < 4.78 is 2.28. The van der Waals surface area contributed by atoms with Crippen LogP contribution in [0.15, 0.2) is 49.1 Å². The van der Waals surface area contributed by atoms with Gasteiger partial charge < -0.3 is 4.57 Å². The molecule has 1 aliphatic rings. The van der Waals surface area contributed by atoms with Crippen LogP contribution in [0.2, 0.25) is 0 Å². The Hall–Kier alpha value is -2.75. The number of hydrogen-bond donors (Lipinski definition) is 0. The van der Waals surface area contributed by atoms with Crippen LogP contribution in [-0.2, 0) is 5.41 Å². The van der Waals surface area contributed by atoms with Crippen LogP contribution in [0.5, 0.6) is 0 Å². The maximum atomic E-state index is 4.61. The van der Waals surface area contributed by atoms with E-state index in [1.54, 1.807) is 0 Å². The molecule has 0 unspecified atom stereocenters. The molecule has 5 heterocycles. The third kappa shape index (κ3) is 1.21. The van der Waals surface area contributed by atoms with Gasteiger partial charge in [-0.2, -0.15) is 0 Å². The predicted octanol–water partition coefficient (Wildman–Crippen LogP) is 3.61. The van der Waals surface area contributed by atoms with Crippen LogP contribution in [0.25, 0.3) is 27.8 Å². The Bertz CT molecular complexity index is 1060. The summed E-state index contributed by atoms with van der Waals surface area (Å²) >= 11 is 0. The Labute approximate surface area is 127 Å². The first-order valence-electron chi connectivity index (χ1n) is 7.39. The average molecular weight is 286 g/mol. The van der Waals surface area contributed by atoms with E-state index in [4.69, 9.17) is 0 Å². The molecule has 4 nitrogen and oxygen atoms in total.